The monoisotopic (exact) mass is 364 g/mol. The molecular weight excluding hydrogens is 335 g/mol. The van der Waals surface area contributed by atoms with Crippen LogP contribution in [0.4, 0.5) is 4.39 Å². The smallest absolute Gasteiger partial charge is 0.253 e. The molecule has 26 heavy (non-hydrogen) atoms. The number of hydrogen-bond acceptors (Lipinski definition) is 3. The Hall–Kier alpha value is -1.95. The van der Waals surface area contributed by atoms with Crippen molar-refractivity contribution in [3.05, 3.63) is 35.6 Å². The minimum Gasteiger partial charge on any atom is -0.383 e. The molecule has 0 saturated carbocycles. The van der Waals surface area contributed by atoms with Crippen molar-refractivity contribution < 1.29 is 18.7 Å². The van der Waals surface area contributed by atoms with Gasteiger partial charge in [-0.15, -0.1) is 0 Å². The number of piperidine rings is 1. The Balaban J connectivity index is 1.92. The van der Waals surface area contributed by atoms with Crippen LogP contribution in [0, 0.1) is 17.7 Å². The van der Waals surface area contributed by atoms with Crippen LogP contribution in [0.25, 0.3) is 0 Å². The van der Waals surface area contributed by atoms with Crippen molar-refractivity contribution in [2.75, 3.05) is 39.9 Å². The van der Waals surface area contributed by atoms with Crippen LogP contribution < -0.4 is 0 Å². The lowest BCUT2D eigenvalue weighted by molar-refractivity contribution is -0.138. The number of methoxy groups -OCH3 is 1. The Morgan fingerprint density at radius 1 is 1.23 bits per heavy atom. The number of carbonyl (C=O) groups is 2. The third kappa shape index (κ3) is 5.53. The third-order valence-electron chi connectivity index (χ3n) is 4.69. The van der Waals surface area contributed by atoms with E-state index < -0.39 is 0 Å². The van der Waals surface area contributed by atoms with E-state index in [1.54, 1.807) is 12.0 Å². The second-order valence-electron chi connectivity index (χ2n) is 7.24. The first-order valence-electron chi connectivity index (χ1n) is 9.25. The molecule has 2 rings (SSSR count). The van der Waals surface area contributed by atoms with E-state index in [2.05, 4.69) is 13.8 Å². The SMILES string of the molecule is COCCN(CC(C)C)C(=O)C1CCN(C(=O)c2ccc(F)cc2)CC1. The Kier molecular flexibility index (Phi) is 7.57. The molecule has 5 nitrogen and oxygen atoms in total. The zero-order valence-corrected chi connectivity index (χ0v) is 15.9. The number of ether oxygens (including phenoxy) is 1. The van der Waals surface area contributed by atoms with Crippen LogP contribution in [0.5, 0.6) is 0 Å². The lowest BCUT2D eigenvalue weighted by Crippen LogP contribution is -2.46. The maximum absolute atomic E-state index is 13.0. The van der Waals surface area contributed by atoms with Crippen molar-refractivity contribution in [1.82, 2.24) is 9.80 Å². The largest absolute Gasteiger partial charge is 0.383 e. The summed E-state index contributed by atoms with van der Waals surface area (Å²) in [5, 5.41) is 0. The van der Waals surface area contributed by atoms with E-state index in [0.717, 1.165) is 6.54 Å². The fourth-order valence-electron chi connectivity index (χ4n) is 3.30. The van der Waals surface area contributed by atoms with Crippen molar-refractivity contribution in [2.24, 2.45) is 11.8 Å². The molecule has 0 atom stereocenters. The summed E-state index contributed by atoms with van der Waals surface area (Å²) in [6.45, 7) is 7.13. The van der Waals surface area contributed by atoms with Crippen LogP contribution in [0.2, 0.25) is 0 Å². The maximum Gasteiger partial charge on any atom is 0.253 e. The van der Waals surface area contributed by atoms with Gasteiger partial charge in [0, 0.05) is 44.8 Å². The molecule has 2 amide bonds. The van der Waals surface area contributed by atoms with Crippen molar-refractivity contribution in [2.45, 2.75) is 26.7 Å². The molecule has 1 heterocycles. The van der Waals surface area contributed by atoms with Gasteiger partial charge in [-0.1, -0.05) is 13.8 Å². The molecule has 1 aromatic carbocycles. The number of rotatable bonds is 7. The van der Waals surface area contributed by atoms with Gasteiger partial charge in [-0.25, -0.2) is 4.39 Å². The molecule has 0 spiro atoms. The predicted molar refractivity (Wildman–Crippen MR) is 98.3 cm³/mol. The van der Waals surface area contributed by atoms with Crippen molar-refractivity contribution in [1.29, 1.82) is 0 Å². The fraction of sp³-hybridized carbons (Fsp3) is 0.600. The standard InChI is InChI=1S/C20H29FN2O3/c1-15(2)14-23(12-13-26-3)20(25)17-8-10-22(11-9-17)19(24)16-4-6-18(21)7-5-16/h4-7,15,17H,8-14H2,1-3H3. The van der Waals surface area contributed by atoms with Gasteiger partial charge in [-0.3, -0.25) is 9.59 Å². The Morgan fingerprint density at radius 3 is 2.38 bits per heavy atom. The summed E-state index contributed by atoms with van der Waals surface area (Å²) >= 11 is 0. The van der Waals surface area contributed by atoms with E-state index >= 15 is 0 Å². The van der Waals surface area contributed by atoms with Gasteiger partial charge in [-0.2, -0.15) is 0 Å². The molecule has 0 aliphatic carbocycles. The second kappa shape index (κ2) is 9.67. The minimum absolute atomic E-state index is 0.0529. The Bertz CT molecular complexity index is 596. The van der Waals surface area contributed by atoms with Gasteiger partial charge in [0.05, 0.1) is 6.61 Å². The van der Waals surface area contributed by atoms with Gasteiger partial charge in [-0.05, 0) is 43.0 Å². The average molecular weight is 364 g/mol. The molecule has 1 saturated heterocycles. The van der Waals surface area contributed by atoms with E-state index in [0.29, 0.717) is 50.6 Å². The second-order valence-corrected chi connectivity index (χ2v) is 7.24. The normalized spacial score (nSPS) is 15.3. The summed E-state index contributed by atoms with van der Waals surface area (Å²) in [7, 11) is 1.64. The van der Waals surface area contributed by atoms with Gasteiger partial charge in [0.2, 0.25) is 5.91 Å². The van der Waals surface area contributed by atoms with E-state index in [1.807, 2.05) is 4.90 Å². The van der Waals surface area contributed by atoms with Crippen molar-refractivity contribution in [3.8, 4) is 0 Å². The summed E-state index contributed by atoms with van der Waals surface area (Å²) in [5.41, 5.74) is 0.484. The lowest BCUT2D eigenvalue weighted by Gasteiger charge is -2.35. The molecule has 144 valence electrons. The number of hydrogen-bond donors (Lipinski definition) is 0. The molecule has 1 aromatic rings. The number of amides is 2. The average Bonchev–Trinajstić information content (AvgIpc) is 2.64. The quantitative estimate of drug-likeness (QED) is 0.748. The molecule has 1 fully saturated rings. The molecule has 0 radical (unpaired) electrons. The molecule has 6 heteroatoms. The highest BCUT2D eigenvalue weighted by Gasteiger charge is 2.30. The molecule has 0 N–H and O–H groups in total. The zero-order chi connectivity index (χ0) is 19.1. The summed E-state index contributed by atoms with van der Waals surface area (Å²) < 4.78 is 18.1. The van der Waals surface area contributed by atoms with Gasteiger partial charge in [0.15, 0.2) is 0 Å². The number of benzene rings is 1. The molecule has 0 aromatic heterocycles. The lowest BCUT2D eigenvalue weighted by atomic mass is 9.94. The molecule has 1 aliphatic heterocycles. The van der Waals surface area contributed by atoms with E-state index in [-0.39, 0.29) is 23.5 Å². The van der Waals surface area contributed by atoms with E-state index in [4.69, 9.17) is 4.74 Å². The fourth-order valence-corrected chi connectivity index (χ4v) is 3.30. The summed E-state index contributed by atoms with van der Waals surface area (Å²) in [4.78, 5) is 29.0. The summed E-state index contributed by atoms with van der Waals surface area (Å²) in [5.74, 6) is 0.0462. The maximum atomic E-state index is 13.0. The molecular formula is C20H29FN2O3. The highest BCUT2D eigenvalue weighted by molar-refractivity contribution is 5.94. The van der Waals surface area contributed by atoms with E-state index in [1.165, 1.54) is 24.3 Å². The molecule has 0 unspecified atom stereocenters. The van der Waals surface area contributed by atoms with Crippen molar-refractivity contribution >= 4 is 11.8 Å². The topological polar surface area (TPSA) is 49.9 Å². The first kappa shape index (κ1) is 20.4. The number of likely N-dealkylation sites (tertiary alicyclic amines) is 1. The first-order valence-corrected chi connectivity index (χ1v) is 9.25. The Labute approximate surface area is 155 Å². The van der Waals surface area contributed by atoms with Crippen LogP contribution in [-0.2, 0) is 9.53 Å². The highest BCUT2D eigenvalue weighted by atomic mass is 19.1. The molecule has 1 aliphatic rings. The molecule has 0 bridgehead atoms. The number of halogens is 1. The summed E-state index contributed by atoms with van der Waals surface area (Å²) in [6, 6.07) is 5.60. The van der Waals surface area contributed by atoms with Crippen molar-refractivity contribution in [3.63, 3.8) is 0 Å². The zero-order valence-electron chi connectivity index (χ0n) is 15.9. The van der Waals surface area contributed by atoms with Crippen LogP contribution >= 0.6 is 0 Å². The van der Waals surface area contributed by atoms with Gasteiger partial charge in [0.1, 0.15) is 5.82 Å². The third-order valence-corrected chi connectivity index (χ3v) is 4.69. The van der Waals surface area contributed by atoms with E-state index in [9.17, 15) is 14.0 Å². The predicted octanol–water partition coefficient (Wildman–Crippen LogP) is 2.81. The van der Waals surface area contributed by atoms with Gasteiger partial charge in [0.25, 0.3) is 5.91 Å². The van der Waals surface area contributed by atoms with Crippen LogP contribution in [0.15, 0.2) is 24.3 Å². The summed E-state index contributed by atoms with van der Waals surface area (Å²) in [6.07, 6.45) is 1.32. The Morgan fingerprint density at radius 2 is 1.85 bits per heavy atom. The highest BCUT2D eigenvalue weighted by Crippen LogP contribution is 2.22. The van der Waals surface area contributed by atoms with Crippen LogP contribution in [0.1, 0.15) is 37.0 Å². The van der Waals surface area contributed by atoms with Gasteiger partial charge < -0.3 is 14.5 Å². The number of carbonyl (C=O) groups excluding carboxylic acids is 2. The first-order chi connectivity index (χ1) is 12.4. The van der Waals surface area contributed by atoms with Gasteiger partial charge >= 0.3 is 0 Å². The number of nitrogens with zero attached hydrogens (tertiary/aromatic N) is 2. The van der Waals surface area contributed by atoms with Crippen LogP contribution in [-0.4, -0.2) is 61.5 Å². The minimum atomic E-state index is -0.354. The van der Waals surface area contributed by atoms with Crippen LogP contribution in [0.3, 0.4) is 0 Å².